The number of hydrogen-bond donors (Lipinski definition) is 1. The number of rotatable bonds is 3. The smallest absolute Gasteiger partial charge is 0.246 e. The lowest BCUT2D eigenvalue weighted by Gasteiger charge is -2.39. The third-order valence-electron chi connectivity index (χ3n) is 6.63. The highest BCUT2D eigenvalue weighted by Gasteiger charge is 2.38. The van der Waals surface area contributed by atoms with Gasteiger partial charge in [0.2, 0.25) is 15.9 Å². The second kappa shape index (κ2) is 9.06. The molecule has 5 rings (SSSR count). The highest BCUT2D eigenvalue weighted by Crippen LogP contribution is 2.32. The van der Waals surface area contributed by atoms with E-state index in [9.17, 15) is 13.2 Å². The molecule has 4 heterocycles. The molecule has 3 aromatic rings. The van der Waals surface area contributed by atoms with Crippen molar-refractivity contribution in [3.63, 3.8) is 0 Å². The highest BCUT2D eigenvalue weighted by molar-refractivity contribution is 7.89. The molecule has 35 heavy (non-hydrogen) atoms. The monoisotopic (exact) mass is 496 g/mol. The number of aromatic nitrogens is 3. The fraction of sp³-hybridized carbons (Fsp3) is 0.375. The van der Waals surface area contributed by atoms with Gasteiger partial charge in [0, 0.05) is 44.6 Å². The molecule has 0 unspecified atom stereocenters. The second-order valence-electron chi connectivity index (χ2n) is 8.92. The lowest BCUT2D eigenvalue weighted by Crippen LogP contribution is -2.57. The van der Waals surface area contributed by atoms with Gasteiger partial charge >= 0.3 is 0 Å². The van der Waals surface area contributed by atoms with Crippen LogP contribution in [-0.4, -0.2) is 77.1 Å². The van der Waals surface area contributed by atoms with Gasteiger partial charge in [0.05, 0.1) is 29.7 Å². The number of amides is 1. The summed E-state index contributed by atoms with van der Waals surface area (Å²) >= 11 is 0. The average Bonchev–Trinajstić information content (AvgIpc) is 3.13. The summed E-state index contributed by atoms with van der Waals surface area (Å²) in [4.78, 5) is 19.3. The predicted molar refractivity (Wildman–Crippen MR) is 131 cm³/mol. The molecule has 1 atom stereocenters. The number of nitrogens with zero attached hydrogens (tertiary/aromatic N) is 5. The number of sulfonamides is 1. The van der Waals surface area contributed by atoms with E-state index in [4.69, 9.17) is 4.74 Å². The first-order valence-corrected chi connectivity index (χ1v) is 12.9. The van der Waals surface area contributed by atoms with Crippen LogP contribution in [-0.2, 0) is 21.9 Å². The average molecular weight is 497 g/mol. The van der Waals surface area contributed by atoms with Crippen LogP contribution in [0.5, 0.6) is 5.75 Å². The van der Waals surface area contributed by atoms with Crippen molar-refractivity contribution in [1.82, 2.24) is 24.0 Å². The van der Waals surface area contributed by atoms with Crippen molar-refractivity contribution in [3.05, 3.63) is 54.1 Å². The van der Waals surface area contributed by atoms with Crippen LogP contribution in [0.2, 0.25) is 0 Å². The molecule has 11 heteroatoms. The summed E-state index contributed by atoms with van der Waals surface area (Å²) < 4.78 is 36.2. The Kier molecular flexibility index (Phi) is 6.07. The fourth-order valence-corrected chi connectivity index (χ4v) is 6.60. The number of benzene rings is 1. The molecule has 2 aliphatic heterocycles. The van der Waals surface area contributed by atoms with E-state index in [1.54, 1.807) is 38.0 Å². The zero-order valence-corrected chi connectivity index (χ0v) is 20.7. The Bertz CT molecular complexity index is 1370. The number of fused-ring (bicyclic) bond motifs is 2. The highest BCUT2D eigenvalue weighted by atomic mass is 32.2. The normalized spacial score (nSPS) is 19.5. The molecule has 1 N–H and O–H groups in total. The van der Waals surface area contributed by atoms with Crippen LogP contribution in [0.4, 0.5) is 5.69 Å². The molecule has 1 fully saturated rings. The Hall–Kier alpha value is -3.28. The summed E-state index contributed by atoms with van der Waals surface area (Å²) in [7, 11) is -1.99. The van der Waals surface area contributed by atoms with Crippen molar-refractivity contribution in [2.24, 2.45) is 7.05 Å². The fourth-order valence-electron chi connectivity index (χ4n) is 4.73. The lowest BCUT2D eigenvalue weighted by atomic mass is 10.1. The van der Waals surface area contributed by atoms with Gasteiger partial charge in [-0.25, -0.2) is 8.42 Å². The van der Waals surface area contributed by atoms with Crippen LogP contribution < -0.4 is 10.1 Å². The first-order chi connectivity index (χ1) is 16.7. The number of piperazine rings is 1. The Morgan fingerprint density at radius 1 is 1.14 bits per heavy atom. The molecular weight excluding hydrogens is 468 g/mol. The SMILES string of the molecule is Cc1nn(C)c(C)c1S(=O)(=O)N1CCN2CC(=O)Nc3cc(-c4cccnc4)ccc3OC[C@@H]2C1. The van der Waals surface area contributed by atoms with E-state index in [0.717, 1.165) is 11.1 Å². The van der Waals surface area contributed by atoms with E-state index < -0.39 is 10.0 Å². The maximum absolute atomic E-state index is 13.5. The minimum Gasteiger partial charge on any atom is -0.490 e. The van der Waals surface area contributed by atoms with Gasteiger partial charge in [-0.1, -0.05) is 12.1 Å². The van der Waals surface area contributed by atoms with E-state index in [2.05, 4.69) is 15.4 Å². The van der Waals surface area contributed by atoms with Gasteiger partial charge in [0.1, 0.15) is 17.3 Å². The van der Waals surface area contributed by atoms with Gasteiger partial charge in [-0.2, -0.15) is 9.40 Å². The standard InChI is InChI=1S/C24H28N6O4S/c1-16-24(17(2)28(3)27-16)35(32,33)30-10-9-29-14-23(31)26-21-11-18(19-5-4-8-25-12-19)6-7-22(21)34-15-20(29)13-30/h4-8,11-12,20H,9-10,13-15H2,1-3H3,(H,26,31)/t20-/m0/s1. The van der Waals surface area contributed by atoms with Crippen molar-refractivity contribution in [1.29, 1.82) is 0 Å². The van der Waals surface area contributed by atoms with Gasteiger partial charge in [0.15, 0.2) is 0 Å². The second-order valence-corrected chi connectivity index (χ2v) is 10.8. The van der Waals surface area contributed by atoms with Crippen LogP contribution in [0.3, 0.4) is 0 Å². The molecule has 2 aliphatic rings. The molecule has 184 valence electrons. The third-order valence-corrected chi connectivity index (χ3v) is 8.75. The molecule has 0 saturated carbocycles. The summed E-state index contributed by atoms with van der Waals surface area (Å²) in [6, 6.07) is 9.16. The Labute approximate surface area is 204 Å². The largest absolute Gasteiger partial charge is 0.490 e. The molecule has 0 spiro atoms. The first kappa shape index (κ1) is 23.5. The van der Waals surface area contributed by atoms with Gasteiger partial charge < -0.3 is 10.1 Å². The molecule has 2 aromatic heterocycles. The van der Waals surface area contributed by atoms with Crippen LogP contribution in [0.25, 0.3) is 11.1 Å². The number of hydrogen-bond acceptors (Lipinski definition) is 7. The summed E-state index contributed by atoms with van der Waals surface area (Å²) in [5.41, 5.74) is 3.52. The van der Waals surface area contributed by atoms with Crippen LogP contribution in [0.15, 0.2) is 47.6 Å². The molecule has 1 amide bonds. The van der Waals surface area contributed by atoms with Gasteiger partial charge in [-0.3, -0.25) is 19.4 Å². The molecule has 1 saturated heterocycles. The number of pyridine rings is 1. The van der Waals surface area contributed by atoms with Crippen molar-refractivity contribution in [3.8, 4) is 16.9 Å². The first-order valence-electron chi connectivity index (χ1n) is 11.5. The van der Waals surface area contributed by atoms with E-state index in [1.165, 1.54) is 4.31 Å². The number of anilines is 1. The summed E-state index contributed by atoms with van der Waals surface area (Å²) in [6.07, 6.45) is 3.48. The summed E-state index contributed by atoms with van der Waals surface area (Å²) in [6.45, 7) is 4.82. The number of carbonyl (C=O) groups excluding carboxylic acids is 1. The number of carbonyl (C=O) groups is 1. The van der Waals surface area contributed by atoms with Crippen molar-refractivity contribution >= 4 is 21.6 Å². The third kappa shape index (κ3) is 4.42. The lowest BCUT2D eigenvalue weighted by molar-refractivity contribution is -0.118. The van der Waals surface area contributed by atoms with Crippen molar-refractivity contribution < 1.29 is 17.9 Å². The molecule has 10 nitrogen and oxygen atoms in total. The van der Waals surface area contributed by atoms with Crippen LogP contribution in [0, 0.1) is 13.8 Å². The molecule has 0 aliphatic carbocycles. The summed E-state index contributed by atoms with van der Waals surface area (Å²) in [5, 5.41) is 7.24. The molecule has 1 aromatic carbocycles. The number of nitrogens with one attached hydrogen (secondary N) is 1. The maximum Gasteiger partial charge on any atom is 0.246 e. The van der Waals surface area contributed by atoms with E-state index in [1.807, 2.05) is 35.2 Å². The Morgan fingerprint density at radius 2 is 1.97 bits per heavy atom. The van der Waals surface area contributed by atoms with E-state index >= 15 is 0 Å². The maximum atomic E-state index is 13.5. The van der Waals surface area contributed by atoms with Crippen molar-refractivity contribution in [2.45, 2.75) is 24.8 Å². The van der Waals surface area contributed by atoms with Crippen molar-refractivity contribution in [2.75, 3.05) is 38.1 Å². The number of ether oxygens (including phenoxy) is 1. The quantitative estimate of drug-likeness (QED) is 0.589. The van der Waals surface area contributed by atoms with Gasteiger partial charge in [0.25, 0.3) is 0 Å². The molecule has 0 radical (unpaired) electrons. The van der Waals surface area contributed by atoms with Gasteiger partial charge in [-0.15, -0.1) is 0 Å². The zero-order chi connectivity index (χ0) is 24.7. The minimum absolute atomic E-state index is 0.156. The minimum atomic E-state index is -3.73. The van der Waals surface area contributed by atoms with Crippen LogP contribution >= 0.6 is 0 Å². The summed E-state index contributed by atoms with van der Waals surface area (Å²) in [5.74, 6) is 0.382. The molecular formula is C24H28N6O4S. The molecule has 0 bridgehead atoms. The Balaban J connectivity index is 1.40. The predicted octanol–water partition coefficient (Wildman–Crippen LogP) is 1.80. The Morgan fingerprint density at radius 3 is 2.69 bits per heavy atom. The number of aryl methyl sites for hydroxylation is 2. The van der Waals surface area contributed by atoms with E-state index in [-0.39, 0.29) is 43.1 Å². The van der Waals surface area contributed by atoms with Crippen LogP contribution in [0.1, 0.15) is 11.4 Å². The topological polar surface area (TPSA) is 110 Å². The van der Waals surface area contributed by atoms with Gasteiger partial charge in [-0.05, 0) is 37.6 Å². The zero-order valence-electron chi connectivity index (χ0n) is 19.9. The van der Waals surface area contributed by atoms with E-state index in [0.29, 0.717) is 29.4 Å².